The molecule has 2 aromatic rings. The molecule has 0 aliphatic carbocycles. The van der Waals surface area contributed by atoms with Crippen LogP contribution in [0.1, 0.15) is 0 Å². The quantitative estimate of drug-likeness (QED) is 0.766. The van der Waals surface area contributed by atoms with Crippen molar-refractivity contribution in [2.45, 2.75) is 0 Å². The number of hydrogen-bond acceptors (Lipinski definition) is 2. The number of nitrogens with zero attached hydrogens (tertiary/aromatic N) is 2. The van der Waals surface area contributed by atoms with E-state index in [1.54, 1.807) is 16.7 Å². The molecule has 4 nitrogen and oxygen atoms in total. The molecule has 0 saturated carbocycles. The first kappa shape index (κ1) is 10.6. The van der Waals surface area contributed by atoms with Crippen molar-refractivity contribution in [2.24, 2.45) is 0 Å². The van der Waals surface area contributed by atoms with E-state index in [4.69, 9.17) is 4.52 Å². The minimum absolute atomic E-state index is 0.490. The molecule has 1 fully saturated rings. The molecular weight excluding hydrogens is 235 g/mol. The SMILES string of the molecule is O=P1(n2cccc2)OCCN1c1ccccc1. The van der Waals surface area contributed by atoms with Gasteiger partial charge in [0, 0.05) is 18.1 Å². The van der Waals surface area contributed by atoms with Gasteiger partial charge in [0.25, 0.3) is 0 Å². The summed E-state index contributed by atoms with van der Waals surface area (Å²) in [5.41, 5.74) is 0.932. The highest BCUT2D eigenvalue weighted by Crippen LogP contribution is 2.57. The van der Waals surface area contributed by atoms with Gasteiger partial charge in [0.1, 0.15) is 0 Å². The van der Waals surface area contributed by atoms with Crippen LogP contribution in [0, 0.1) is 0 Å². The van der Waals surface area contributed by atoms with Gasteiger partial charge in [0.15, 0.2) is 0 Å². The Morgan fingerprint density at radius 2 is 1.76 bits per heavy atom. The highest BCUT2D eigenvalue weighted by atomic mass is 31.2. The minimum atomic E-state index is -2.96. The van der Waals surface area contributed by atoms with E-state index in [1.165, 1.54) is 0 Å². The van der Waals surface area contributed by atoms with Crippen LogP contribution in [0.5, 0.6) is 0 Å². The van der Waals surface area contributed by atoms with Crippen LogP contribution < -0.4 is 4.67 Å². The highest BCUT2D eigenvalue weighted by molar-refractivity contribution is 7.59. The van der Waals surface area contributed by atoms with E-state index in [2.05, 4.69) is 0 Å². The Morgan fingerprint density at radius 3 is 2.47 bits per heavy atom. The number of rotatable bonds is 2. The zero-order chi connectivity index (χ0) is 11.7. The third-order valence-corrected chi connectivity index (χ3v) is 5.21. The predicted molar refractivity (Wildman–Crippen MR) is 67.2 cm³/mol. The summed E-state index contributed by atoms with van der Waals surface area (Å²) < 4.78 is 21.9. The smallest absolute Gasteiger partial charge is 0.295 e. The molecule has 17 heavy (non-hydrogen) atoms. The van der Waals surface area contributed by atoms with Crippen LogP contribution in [0.25, 0.3) is 0 Å². The van der Waals surface area contributed by atoms with Crippen molar-refractivity contribution in [2.75, 3.05) is 17.8 Å². The third-order valence-electron chi connectivity index (χ3n) is 2.80. The average Bonchev–Trinajstić information content (AvgIpc) is 2.99. The summed E-state index contributed by atoms with van der Waals surface area (Å²) in [6.45, 7) is 1.14. The second-order valence-corrected chi connectivity index (χ2v) is 6.03. The van der Waals surface area contributed by atoms with Gasteiger partial charge in [-0.2, -0.15) is 0 Å². The summed E-state index contributed by atoms with van der Waals surface area (Å²) >= 11 is 0. The molecule has 1 aliphatic heterocycles. The van der Waals surface area contributed by atoms with Crippen molar-refractivity contribution >= 4 is 13.4 Å². The predicted octanol–water partition coefficient (Wildman–Crippen LogP) is 2.98. The lowest BCUT2D eigenvalue weighted by Gasteiger charge is -2.25. The third kappa shape index (κ3) is 1.70. The fourth-order valence-electron chi connectivity index (χ4n) is 2.00. The van der Waals surface area contributed by atoms with Crippen LogP contribution in [0.15, 0.2) is 54.9 Å². The Morgan fingerprint density at radius 1 is 1.06 bits per heavy atom. The largest absolute Gasteiger partial charge is 0.400 e. The maximum atomic E-state index is 12.9. The molecule has 0 bridgehead atoms. The molecule has 0 amide bonds. The standard InChI is InChI=1S/C12H13N2O2P/c15-17(13-8-4-5-9-13)14(10-11-16-17)12-6-2-1-3-7-12/h1-9H,10-11H2. The van der Waals surface area contributed by atoms with E-state index in [-0.39, 0.29) is 0 Å². The Labute approximate surface area is 100.0 Å². The number of benzene rings is 1. The van der Waals surface area contributed by atoms with E-state index in [1.807, 2.05) is 47.1 Å². The van der Waals surface area contributed by atoms with E-state index < -0.39 is 7.67 Å². The lowest BCUT2D eigenvalue weighted by molar-refractivity contribution is 0.352. The first-order chi connectivity index (χ1) is 8.31. The van der Waals surface area contributed by atoms with E-state index >= 15 is 0 Å². The molecule has 0 N–H and O–H groups in total. The van der Waals surface area contributed by atoms with Gasteiger partial charge in [-0.1, -0.05) is 18.2 Å². The molecule has 1 unspecified atom stereocenters. The van der Waals surface area contributed by atoms with Gasteiger partial charge in [-0.15, -0.1) is 0 Å². The van der Waals surface area contributed by atoms with Crippen LogP contribution in [0.4, 0.5) is 5.69 Å². The van der Waals surface area contributed by atoms with Gasteiger partial charge < -0.3 is 0 Å². The van der Waals surface area contributed by atoms with Gasteiger partial charge >= 0.3 is 7.67 Å². The molecule has 1 aliphatic rings. The van der Waals surface area contributed by atoms with Gasteiger partial charge in [0.2, 0.25) is 0 Å². The maximum Gasteiger partial charge on any atom is 0.400 e. The van der Waals surface area contributed by atoms with Crippen LogP contribution in [-0.4, -0.2) is 17.5 Å². The Balaban J connectivity index is 2.04. The summed E-state index contributed by atoms with van der Waals surface area (Å²) in [7, 11) is -2.96. The van der Waals surface area contributed by atoms with Gasteiger partial charge in [-0.3, -0.25) is 13.5 Å². The van der Waals surface area contributed by atoms with Crippen molar-refractivity contribution in [3.8, 4) is 0 Å². The molecule has 1 saturated heterocycles. The second kappa shape index (κ2) is 4.06. The molecule has 88 valence electrons. The second-order valence-electron chi connectivity index (χ2n) is 3.85. The number of hydrogen-bond donors (Lipinski definition) is 0. The van der Waals surface area contributed by atoms with Crippen molar-refractivity contribution < 1.29 is 9.09 Å². The monoisotopic (exact) mass is 248 g/mol. The molecule has 1 atom stereocenters. The Hall–Kier alpha value is -1.51. The van der Waals surface area contributed by atoms with E-state index in [0.717, 1.165) is 5.69 Å². The summed E-state index contributed by atoms with van der Waals surface area (Å²) in [6.07, 6.45) is 3.56. The minimum Gasteiger partial charge on any atom is -0.295 e. The molecule has 1 aromatic carbocycles. The van der Waals surface area contributed by atoms with Crippen LogP contribution in [0.3, 0.4) is 0 Å². The molecule has 0 spiro atoms. The Bertz CT molecular complexity index is 539. The molecule has 2 heterocycles. The van der Waals surface area contributed by atoms with E-state index in [0.29, 0.717) is 13.2 Å². The topological polar surface area (TPSA) is 34.5 Å². The number of para-hydroxylation sites is 1. The summed E-state index contributed by atoms with van der Waals surface area (Å²) in [5.74, 6) is 0. The van der Waals surface area contributed by atoms with Crippen molar-refractivity contribution in [1.82, 2.24) is 4.34 Å². The number of aromatic nitrogens is 1. The Kier molecular flexibility index (Phi) is 2.54. The van der Waals surface area contributed by atoms with Crippen LogP contribution >= 0.6 is 7.67 Å². The molecule has 1 aromatic heterocycles. The normalized spacial score (nSPS) is 24.1. The molecule has 3 rings (SSSR count). The molecule has 0 radical (unpaired) electrons. The van der Waals surface area contributed by atoms with Gasteiger partial charge in [0.05, 0.1) is 13.2 Å². The lowest BCUT2D eigenvalue weighted by atomic mass is 10.3. The lowest BCUT2D eigenvalue weighted by Crippen LogP contribution is -2.17. The van der Waals surface area contributed by atoms with Gasteiger partial charge in [-0.05, 0) is 24.3 Å². The van der Waals surface area contributed by atoms with Crippen molar-refractivity contribution in [3.63, 3.8) is 0 Å². The summed E-state index contributed by atoms with van der Waals surface area (Å²) in [4.78, 5) is 0. The molecule has 5 heteroatoms. The van der Waals surface area contributed by atoms with Crippen molar-refractivity contribution in [3.05, 3.63) is 54.9 Å². The number of anilines is 1. The van der Waals surface area contributed by atoms with Crippen LogP contribution in [-0.2, 0) is 9.09 Å². The summed E-state index contributed by atoms with van der Waals surface area (Å²) in [5, 5.41) is 0. The molecular formula is C12H13N2O2P. The fraction of sp³-hybridized carbons (Fsp3) is 0.167. The highest BCUT2D eigenvalue weighted by Gasteiger charge is 2.39. The van der Waals surface area contributed by atoms with Crippen molar-refractivity contribution in [1.29, 1.82) is 0 Å². The zero-order valence-electron chi connectivity index (χ0n) is 9.27. The fourth-order valence-corrected chi connectivity index (χ4v) is 4.09. The summed E-state index contributed by atoms with van der Waals surface area (Å²) in [6, 6.07) is 13.4. The van der Waals surface area contributed by atoms with E-state index in [9.17, 15) is 4.57 Å². The van der Waals surface area contributed by atoms with Gasteiger partial charge in [-0.25, -0.2) is 4.57 Å². The van der Waals surface area contributed by atoms with Crippen LogP contribution in [0.2, 0.25) is 0 Å². The first-order valence-corrected chi connectivity index (χ1v) is 7.05. The maximum absolute atomic E-state index is 12.9. The zero-order valence-corrected chi connectivity index (χ0v) is 10.2. The average molecular weight is 248 g/mol. The first-order valence-electron chi connectivity index (χ1n) is 5.52.